The van der Waals surface area contributed by atoms with E-state index >= 15 is 0 Å². The molecule has 0 amide bonds. The molecule has 0 aliphatic carbocycles. The van der Waals surface area contributed by atoms with Crippen molar-refractivity contribution in [3.63, 3.8) is 0 Å². The van der Waals surface area contributed by atoms with Crippen molar-refractivity contribution in [2.75, 3.05) is 0 Å². The van der Waals surface area contributed by atoms with Gasteiger partial charge >= 0.3 is 0 Å². The third kappa shape index (κ3) is 4.08. The zero-order valence-electron chi connectivity index (χ0n) is 13.1. The smallest absolute Gasteiger partial charge is 0.134 e. The first-order chi connectivity index (χ1) is 8.14. The lowest BCUT2D eigenvalue weighted by Crippen LogP contribution is -2.22. The minimum atomic E-state index is 0.0161. The van der Waals surface area contributed by atoms with Gasteiger partial charge in [0.05, 0.1) is 0 Å². The minimum absolute atomic E-state index is 0.0161. The number of hydrogen-bond donors (Lipinski definition) is 0. The molecule has 0 N–H and O–H groups in total. The van der Waals surface area contributed by atoms with Crippen LogP contribution in [0.1, 0.15) is 78.5 Å². The molecule has 0 unspecified atom stereocenters. The van der Waals surface area contributed by atoms with Crippen molar-refractivity contribution in [2.45, 2.75) is 78.6 Å². The van der Waals surface area contributed by atoms with Gasteiger partial charge in [-0.2, -0.15) is 0 Å². The van der Waals surface area contributed by atoms with Gasteiger partial charge in [0, 0.05) is 22.2 Å². The van der Waals surface area contributed by atoms with Gasteiger partial charge in [0.1, 0.15) is 5.82 Å². The summed E-state index contributed by atoms with van der Waals surface area (Å²) in [5, 5.41) is 0. The van der Waals surface area contributed by atoms with Crippen LogP contribution in [0.2, 0.25) is 0 Å². The van der Waals surface area contributed by atoms with Gasteiger partial charge in [-0.3, -0.25) is 0 Å². The maximum atomic E-state index is 4.77. The molecule has 0 radical (unpaired) electrons. The van der Waals surface area contributed by atoms with E-state index in [1.165, 1.54) is 18.5 Å². The molecule has 0 fully saturated rings. The van der Waals surface area contributed by atoms with Crippen LogP contribution in [0.25, 0.3) is 0 Å². The fraction of sp³-hybridized carbons (Fsp3) is 0.750. The first-order valence-electron chi connectivity index (χ1n) is 7.03. The second-order valence-electron chi connectivity index (χ2n) is 7.17. The molecule has 0 aliphatic heterocycles. The molecule has 1 aromatic rings. The number of nitrogens with zero attached hydrogens (tertiary/aromatic N) is 2. The average Bonchev–Trinajstić information content (AvgIpc) is 2.23. The third-order valence-electron chi connectivity index (χ3n) is 3.00. The van der Waals surface area contributed by atoms with Gasteiger partial charge in [-0.05, 0) is 18.9 Å². The molecule has 0 saturated carbocycles. The Morgan fingerprint density at radius 3 is 2.00 bits per heavy atom. The van der Waals surface area contributed by atoms with Crippen molar-refractivity contribution in [1.82, 2.24) is 9.97 Å². The first-order valence-corrected chi connectivity index (χ1v) is 7.03. The van der Waals surface area contributed by atoms with Crippen molar-refractivity contribution in [1.29, 1.82) is 0 Å². The molecule has 0 aliphatic rings. The topological polar surface area (TPSA) is 25.8 Å². The molecule has 1 aromatic heterocycles. The summed E-state index contributed by atoms with van der Waals surface area (Å²) in [4.78, 5) is 9.52. The van der Waals surface area contributed by atoms with E-state index in [-0.39, 0.29) is 10.8 Å². The van der Waals surface area contributed by atoms with Crippen LogP contribution in [0, 0.1) is 0 Å². The Bertz CT molecular complexity index is 362. The normalized spacial score (nSPS) is 12.8. The van der Waals surface area contributed by atoms with Crippen LogP contribution in [0.15, 0.2) is 6.07 Å². The van der Waals surface area contributed by atoms with E-state index in [1.807, 2.05) is 0 Å². The summed E-state index contributed by atoms with van der Waals surface area (Å²) in [5.41, 5.74) is 2.46. The van der Waals surface area contributed by atoms with Crippen molar-refractivity contribution in [2.24, 2.45) is 0 Å². The molecule has 0 spiro atoms. The van der Waals surface area contributed by atoms with E-state index in [1.54, 1.807) is 0 Å². The fourth-order valence-electron chi connectivity index (χ4n) is 1.70. The third-order valence-corrected chi connectivity index (χ3v) is 3.00. The fourth-order valence-corrected chi connectivity index (χ4v) is 1.70. The number of unbranched alkanes of at least 4 members (excludes halogenated alkanes) is 1. The number of aryl methyl sites for hydroxylation is 1. The van der Waals surface area contributed by atoms with E-state index in [0.717, 1.165) is 17.9 Å². The molecule has 0 aromatic carbocycles. The maximum absolute atomic E-state index is 4.77. The molecule has 1 rings (SSSR count). The van der Waals surface area contributed by atoms with Crippen molar-refractivity contribution < 1.29 is 0 Å². The summed E-state index contributed by atoms with van der Waals surface area (Å²) in [6.45, 7) is 15.4. The average molecular weight is 248 g/mol. The zero-order valence-corrected chi connectivity index (χ0v) is 13.1. The molecular formula is C16H28N2. The van der Waals surface area contributed by atoms with Gasteiger partial charge in [0.2, 0.25) is 0 Å². The molecule has 0 saturated heterocycles. The monoisotopic (exact) mass is 248 g/mol. The standard InChI is InChI=1S/C16H28N2/c1-8-9-10-12-11-13(15(2,3)4)18-14(17-12)16(5,6)7/h11H,8-10H2,1-7H3. The highest BCUT2D eigenvalue weighted by Gasteiger charge is 2.23. The van der Waals surface area contributed by atoms with Crippen LogP contribution in [0.5, 0.6) is 0 Å². The van der Waals surface area contributed by atoms with Crippen LogP contribution in [0.3, 0.4) is 0 Å². The van der Waals surface area contributed by atoms with Crippen molar-refractivity contribution in [3.05, 3.63) is 23.3 Å². The molecule has 1 heterocycles. The lowest BCUT2D eigenvalue weighted by atomic mass is 9.89. The summed E-state index contributed by atoms with van der Waals surface area (Å²) in [7, 11) is 0. The van der Waals surface area contributed by atoms with E-state index < -0.39 is 0 Å². The van der Waals surface area contributed by atoms with Crippen molar-refractivity contribution >= 4 is 0 Å². The molecule has 0 atom stereocenters. The Labute approximate surface area is 112 Å². The van der Waals surface area contributed by atoms with Gasteiger partial charge in [0.25, 0.3) is 0 Å². The number of hydrogen-bond acceptors (Lipinski definition) is 2. The Balaban J connectivity index is 3.21. The Morgan fingerprint density at radius 1 is 0.944 bits per heavy atom. The summed E-state index contributed by atoms with van der Waals surface area (Å²) in [6.07, 6.45) is 3.47. The summed E-state index contributed by atoms with van der Waals surface area (Å²) in [6, 6.07) is 2.19. The number of rotatable bonds is 3. The lowest BCUT2D eigenvalue weighted by Gasteiger charge is -2.23. The molecule has 2 heteroatoms. The Hall–Kier alpha value is -0.920. The quantitative estimate of drug-likeness (QED) is 0.791. The second kappa shape index (κ2) is 5.38. The molecule has 102 valence electrons. The first kappa shape index (κ1) is 15.1. The van der Waals surface area contributed by atoms with Crippen LogP contribution in [0.4, 0.5) is 0 Å². The van der Waals surface area contributed by atoms with E-state index in [0.29, 0.717) is 0 Å². The van der Waals surface area contributed by atoms with Crippen LogP contribution in [-0.2, 0) is 17.3 Å². The molecular weight excluding hydrogens is 220 g/mol. The summed E-state index contributed by atoms with van der Waals surface area (Å²) < 4.78 is 0. The van der Waals surface area contributed by atoms with E-state index in [4.69, 9.17) is 9.97 Å². The lowest BCUT2D eigenvalue weighted by molar-refractivity contribution is 0.508. The van der Waals surface area contributed by atoms with Gasteiger partial charge in [-0.25, -0.2) is 9.97 Å². The highest BCUT2D eigenvalue weighted by atomic mass is 14.9. The van der Waals surface area contributed by atoms with Gasteiger partial charge < -0.3 is 0 Å². The van der Waals surface area contributed by atoms with Crippen LogP contribution >= 0.6 is 0 Å². The predicted molar refractivity (Wildman–Crippen MR) is 78.0 cm³/mol. The van der Waals surface area contributed by atoms with E-state index in [9.17, 15) is 0 Å². The largest absolute Gasteiger partial charge is 0.237 e. The molecule has 2 nitrogen and oxygen atoms in total. The van der Waals surface area contributed by atoms with Crippen LogP contribution < -0.4 is 0 Å². The van der Waals surface area contributed by atoms with E-state index in [2.05, 4.69) is 54.5 Å². The van der Waals surface area contributed by atoms with Gasteiger partial charge in [-0.1, -0.05) is 54.9 Å². The predicted octanol–water partition coefficient (Wildman–Crippen LogP) is 4.41. The highest BCUT2D eigenvalue weighted by Crippen LogP contribution is 2.25. The zero-order chi connectivity index (χ0) is 14.0. The van der Waals surface area contributed by atoms with Gasteiger partial charge in [-0.15, -0.1) is 0 Å². The Kier molecular flexibility index (Phi) is 4.52. The SMILES string of the molecule is CCCCc1cc(C(C)(C)C)nc(C(C)(C)C)n1. The summed E-state index contributed by atoms with van der Waals surface area (Å²) in [5.74, 6) is 0.973. The van der Waals surface area contributed by atoms with Crippen LogP contribution in [-0.4, -0.2) is 9.97 Å². The summed E-state index contributed by atoms with van der Waals surface area (Å²) >= 11 is 0. The number of aromatic nitrogens is 2. The maximum Gasteiger partial charge on any atom is 0.134 e. The minimum Gasteiger partial charge on any atom is -0.237 e. The highest BCUT2D eigenvalue weighted by molar-refractivity contribution is 5.20. The Morgan fingerprint density at radius 2 is 1.56 bits per heavy atom. The van der Waals surface area contributed by atoms with Gasteiger partial charge in [0.15, 0.2) is 0 Å². The van der Waals surface area contributed by atoms with Crippen molar-refractivity contribution in [3.8, 4) is 0 Å². The molecule has 18 heavy (non-hydrogen) atoms. The second-order valence-corrected chi connectivity index (χ2v) is 7.17. The molecule has 0 bridgehead atoms.